The number of carbonyl (C=O) groups is 2. The molecule has 0 saturated carbocycles. The predicted octanol–water partition coefficient (Wildman–Crippen LogP) is 2.31. The van der Waals surface area contributed by atoms with Crippen molar-refractivity contribution in [1.82, 2.24) is 9.88 Å². The third kappa shape index (κ3) is 5.12. The Hall–Kier alpha value is -4.47. The molecule has 1 N–H and O–H groups in total. The highest BCUT2D eigenvalue weighted by atomic mass is 16.6. The number of benzene rings is 2. The molecule has 1 unspecified atom stereocenters. The van der Waals surface area contributed by atoms with Gasteiger partial charge < -0.3 is 14.7 Å². The van der Waals surface area contributed by atoms with E-state index in [2.05, 4.69) is 4.98 Å². The van der Waals surface area contributed by atoms with Gasteiger partial charge in [0.15, 0.2) is 0 Å². The lowest BCUT2D eigenvalue weighted by Crippen LogP contribution is -2.36. The summed E-state index contributed by atoms with van der Waals surface area (Å²) in [6.07, 6.45) is 6.71. The highest BCUT2D eigenvalue weighted by Crippen LogP contribution is 2.39. The summed E-state index contributed by atoms with van der Waals surface area (Å²) in [5.41, 5.74) is 0.169. The summed E-state index contributed by atoms with van der Waals surface area (Å²) in [4.78, 5) is 41.3. The number of H-pyrrole nitrogens is 1. The summed E-state index contributed by atoms with van der Waals surface area (Å²) in [5, 5.41) is 24.9. The number of nitrogens with zero attached hydrogens (tertiary/aromatic N) is 3. The summed E-state index contributed by atoms with van der Waals surface area (Å²) >= 11 is 0. The zero-order valence-corrected chi connectivity index (χ0v) is 19.8. The van der Waals surface area contributed by atoms with Crippen molar-refractivity contribution in [2.45, 2.75) is 32.4 Å². The quantitative estimate of drug-likeness (QED) is 0.116. The van der Waals surface area contributed by atoms with Gasteiger partial charge in [-0.05, 0) is 29.7 Å². The van der Waals surface area contributed by atoms with E-state index in [4.69, 9.17) is 4.74 Å². The molecular formula is C26H26N4O6. The first-order valence-corrected chi connectivity index (χ1v) is 11.7. The van der Waals surface area contributed by atoms with Gasteiger partial charge in [-0.3, -0.25) is 24.7 Å². The molecule has 10 heteroatoms. The Morgan fingerprint density at radius 1 is 1.19 bits per heavy atom. The van der Waals surface area contributed by atoms with E-state index in [1.54, 1.807) is 42.9 Å². The lowest BCUT2D eigenvalue weighted by molar-refractivity contribution is -0.695. The molecule has 10 nitrogen and oxygen atoms in total. The van der Waals surface area contributed by atoms with Crippen LogP contribution in [0.25, 0.3) is 5.76 Å². The fourth-order valence-corrected chi connectivity index (χ4v) is 4.22. The number of aryl methyl sites for hydroxylation is 1. The number of imidazole rings is 1. The minimum absolute atomic E-state index is 0.189. The second-order valence-electron chi connectivity index (χ2n) is 8.40. The number of aromatic amines is 1. The summed E-state index contributed by atoms with van der Waals surface area (Å²) in [6.45, 7) is 3.28. The Labute approximate surface area is 207 Å². The van der Waals surface area contributed by atoms with Crippen molar-refractivity contribution in [3.05, 3.63) is 94.1 Å². The maximum Gasteiger partial charge on any atom is 0.295 e. The van der Waals surface area contributed by atoms with Crippen LogP contribution in [0.3, 0.4) is 0 Å². The Bertz CT molecular complexity index is 1280. The van der Waals surface area contributed by atoms with Crippen LogP contribution in [0.4, 0.5) is 5.69 Å². The first-order valence-electron chi connectivity index (χ1n) is 11.7. The van der Waals surface area contributed by atoms with Crippen LogP contribution in [0.5, 0.6) is 5.75 Å². The maximum atomic E-state index is 13.5. The van der Waals surface area contributed by atoms with Gasteiger partial charge in [0.2, 0.25) is 12.1 Å². The van der Waals surface area contributed by atoms with Crippen molar-refractivity contribution >= 4 is 23.1 Å². The minimum Gasteiger partial charge on any atom is -0.872 e. The molecule has 1 aromatic heterocycles. The molecule has 0 bridgehead atoms. The number of Topliss-reactive ketones (excluding diaryl/α,β-unsaturated/α-hetero) is 1. The second kappa shape index (κ2) is 10.9. The number of amides is 1. The molecule has 1 atom stereocenters. The number of rotatable bonds is 10. The smallest absolute Gasteiger partial charge is 0.295 e. The van der Waals surface area contributed by atoms with Crippen molar-refractivity contribution in [3.63, 3.8) is 0 Å². The third-order valence-electron chi connectivity index (χ3n) is 5.93. The average molecular weight is 491 g/mol. The van der Waals surface area contributed by atoms with Crippen LogP contribution in [0.1, 0.15) is 36.9 Å². The topological polar surface area (TPSA) is 132 Å². The lowest BCUT2D eigenvalue weighted by Gasteiger charge is -2.27. The van der Waals surface area contributed by atoms with E-state index in [-0.39, 0.29) is 23.4 Å². The van der Waals surface area contributed by atoms with E-state index in [1.807, 2.05) is 17.7 Å². The van der Waals surface area contributed by atoms with Gasteiger partial charge in [-0.2, -0.15) is 0 Å². The normalized spacial score (nSPS) is 16.9. The fourth-order valence-electron chi connectivity index (χ4n) is 4.22. The molecule has 0 aliphatic carbocycles. The van der Waals surface area contributed by atoms with Crippen LogP contribution < -0.4 is 14.4 Å². The van der Waals surface area contributed by atoms with Crippen molar-refractivity contribution in [2.24, 2.45) is 0 Å². The Morgan fingerprint density at radius 3 is 2.64 bits per heavy atom. The summed E-state index contributed by atoms with van der Waals surface area (Å²) < 4.78 is 7.45. The summed E-state index contributed by atoms with van der Waals surface area (Å²) in [5.74, 6) is -1.69. The Morgan fingerprint density at radius 2 is 1.97 bits per heavy atom. The van der Waals surface area contributed by atoms with Gasteiger partial charge in [0.1, 0.15) is 18.1 Å². The number of ether oxygens (including phenoxy) is 1. The molecular weight excluding hydrogens is 464 g/mol. The minimum atomic E-state index is -1.02. The molecule has 3 aromatic rings. The van der Waals surface area contributed by atoms with Crippen molar-refractivity contribution in [2.75, 3.05) is 13.2 Å². The number of nitro benzene ring substituents is 1. The zero-order valence-electron chi connectivity index (χ0n) is 19.8. The van der Waals surface area contributed by atoms with E-state index >= 15 is 0 Å². The van der Waals surface area contributed by atoms with Crippen LogP contribution in [0, 0.1) is 10.1 Å². The number of likely N-dealkylation sites (tertiary alicyclic amines) is 1. The molecule has 1 aliphatic heterocycles. The lowest BCUT2D eigenvalue weighted by atomic mass is 9.95. The predicted molar refractivity (Wildman–Crippen MR) is 127 cm³/mol. The van der Waals surface area contributed by atoms with Crippen LogP contribution >= 0.6 is 0 Å². The van der Waals surface area contributed by atoms with Crippen molar-refractivity contribution < 1.29 is 28.9 Å². The number of hydrogen-bond donors (Lipinski definition) is 1. The fraction of sp³-hybridized carbons (Fsp3) is 0.269. The molecule has 36 heavy (non-hydrogen) atoms. The molecule has 4 rings (SSSR count). The highest BCUT2D eigenvalue weighted by molar-refractivity contribution is 6.46. The van der Waals surface area contributed by atoms with Gasteiger partial charge >= 0.3 is 0 Å². The number of nitrogens with one attached hydrogen (secondary N) is 1. The molecule has 1 amide bonds. The SMILES string of the molecule is CCCOc1ccc(C([O-])=C2C(=O)C(=O)N(CCC[n+]3cc[nH]c3)C2c2cccc([N+](=O)[O-])c2)cc1. The van der Waals surface area contributed by atoms with E-state index in [0.29, 0.717) is 30.9 Å². The van der Waals surface area contributed by atoms with Crippen LogP contribution in [-0.2, 0) is 16.1 Å². The molecule has 1 saturated heterocycles. The Kier molecular flexibility index (Phi) is 7.43. The molecule has 0 spiro atoms. The van der Waals surface area contributed by atoms with Crippen molar-refractivity contribution in [3.8, 4) is 5.75 Å². The highest BCUT2D eigenvalue weighted by Gasteiger charge is 2.44. The van der Waals surface area contributed by atoms with Crippen LogP contribution in [0.15, 0.2) is 72.8 Å². The first kappa shape index (κ1) is 24.6. The van der Waals surface area contributed by atoms with Gasteiger partial charge in [0.25, 0.3) is 11.6 Å². The van der Waals surface area contributed by atoms with E-state index in [9.17, 15) is 24.8 Å². The molecule has 186 valence electrons. The standard InChI is InChI=1S/C26H26N4O6/c1-2-15-36-21-9-7-18(8-10-21)24(31)22-23(19-5-3-6-20(16-19)30(34)35)29(26(33)25(22)32)13-4-12-28-14-11-27-17-28/h3,5-11,14,16-17,23H,2,4,12-13,15H2,1H3,(H,31,32). The number of nitro groups is 1. The Balaban J connectivity index is 1.72. The number of hydrogen-bond acceptors (Lipinski definition) is 6. The van der Waals surface area contributed by atoms with E-state index in [1.165, 1.54) is 23.1 Å². The second-order valence-corrected chi connectivity index (χ2v) is 8.40. The maximum absolute atomic E-state index is 13.5. The van der Waals surface area contributed by atoms with Crippen LogP contribution in [0.2, 0.25) is 0 Å². The van der Waals surface area contributed by atoms with Gasteiger partial charge in [-0.25, -0.2) is 4.57 Å². The first-order chi connectivity index (χ1) is 17.4. The monoisotopic (exact) mass is 490 g/mol. The molecule has 2 heterocycles. The van der Waals surface area contributed by atoms with Crippen molar-refractivity contribution in [1.29, 1.82) is 0 Å². The largest absolute Gasteiger partial charge is 0.872 e. The molecule has 1 aliphatic rings. The zero-order chi connectivity index (χ0) is 25.7. The number of ketones is 1. The molecule has 2 aromatic carbocycles. The summed E-state index contributed by atoms with van der Waals surface area (Å²) in [6, 6.07) is 11.1. The van der Waals surface area contributed by atoms with E-state index < -0.39 is 28.4 Å². The molecule has 1 fully saturated rings. The number of carbonyl (C=O) groups excluding carboxylic acids is 2. The average Bonchev–Trinajstić information content (AvgIpc) is 3.50. The van der Waals surface area contributed by atoms with Gasteiger partial charge in [-0.15, -0.1) is 0 Å². The van der Waals surface area contributed by atoms with E-state index in [0.717, 1.165) is 6.42 Å². The summed E-state index contributed by atoms with van der Waals surface area (Å²) in [7, 11) is 0. The van der Waals surface area contributed by atoms with Gasteiger partial charge in [-0.1, -0.05) is 36.9 Å². The van der Waals surface area contributed by atoms with Gasteiger partial charge in [0, 0.05) is 30.7 Å². The number of aromatic nitrogens is 2. The van der Waals surface area contributed by atoms with Crippen LogP contribution in [-0.4, -0.2) is 39.6 Å². The van der Waals surface area contributed by atoms with Gasteiger partial charge in [0.05, 0.1) is 24.1 Å². The number of non-ortho nitro benzene ring substituents is 1. The third-order valence-corrected chi connectivity index (χ3v) is 5.93. The molecule has 0 radical (unpaired) electrons.